The Balaban J connectivity index is 1.97. The van der Waals surface area contributed by atoms with Crippen LogP contribution in [0.4, 0.5) is 0 Å². The number of allylic oxidation sites excluding steroid dienone is 2. The largest absolute Gasteiger partial charge is 0.389 e. The Hall–Kier alpha value is -1.77. The summed E-state index contributed by atoms with van der Waals surface area (Å²) in [5.41, 5.74) is 0. The second-order valence-corrected chi connectivity index (χ2v) is 9.21. The average Bonchev–Trinajstić information content (AvgIpc) is 2.95. The lowest BCUT2D eigenvalue weighted by Gasteiger charge is -2.31. The third-order valence-electron chi connectivity index (χ3n) is 5.68. The minimum atomic E-state index is -0.871. The maximum Gasteiger partial charge on any atom is 0.245 e. The topological polar surface area (TPSA) is 96.4 Å². The van der Waals surface area contributed by atoms with Crippen LogP contribution >= 0.6 is 0 Å². The summed E-state index contributed by atoms with van der Waals surface area (Å²) in [6.07, 6.45) is 4.59. The lowest BCUT2D eigenvalue weighted by molar-refractivity contribution is -0.152. The number of likely N-dealkylation sites (tertiary alicyclic amines) is 1. The number of aliphatic hydroxyl groups is 1. The highest BCUT2D eigenvalue weighted by Crippen LogP contribution is 2.37. The van der Waals surface area contributed by atoms with Crippen molar-refractivity contribution >= 4 is 17.7 Å². The second kappa shape index (κ2) is 11.7. The Kier molecular flexibility index (Phi) is 9.65. The fourth-order valence-corrected chi connectivity index (χ4v) is 4.17. The van der Waals surface area contributed by atoms with Crippen molar-refractivity contribution in [1.29, 1.82) is 0 Å². The maximum atomic E-state index is 13.2. The molecule has 0 saturated carbocycles. The molecule has 1 aliphatic heterocycles. The SMILES string of the molecule is CC(C)C[C@H](C(=O)N(C)C[C@H](O)COCCOC(C)C)N1C(=O)[C@H]2CC=CC[C@@H]2C1=O. The van der Waals surface area contributed by atoms with E-state index in [4.69, 9.17) is 9.47 Å². The molecule has 1 saturated heterocycles. The highest BCUT2D eigenvalue weighted by molar-refractivity contribution is 6.08. The van der Waals surface area contributed by atoms with Crippen molar-refractivity contribution < 1.29 is 29.0 Å². The van der Waals surface area contributed by atoms with Gasteiger partial charge in [-0.05, 0) is 39.0 Å². The predicted molar refractivity (Wildman–Crippen MR) is 116 cm³/mol. The van der Waals surface area contributed by atoms with Crippen molar-refractivity contribution in [1.82, 2.24) is 9.80 Å². The minimum absolute atomic E-state index is 0.0586. The first-order valence-corrected chi connectivity index (χ1v) is 11.3. The van der Waals surface area contributed by atoms with Gasteiger partial charge in [-0.1, -0.05) is 26.0 Å². The van der Waals surface area contributed by atoms with Gasteiger partial charge in [0.1, 0.15) is 6.04 Å². The summed E-state index contributed by atoms with van der Waals surface area (Å²) >= 11 is 0. The average molecular weight is 439 g/mol. The number of rotatable bonds is 12. The van der Waals surface area contributed by atoms with Crippen LogP contribution < -0.4 is 0 Å². The van der Waals surface area contributed by atoms with E-state index in [2.05, 4.69) is 0 Å². The third-order valence-corrected chi connectivity index (χ3v) is 5.68. The highest BCUT2D eigenvalue weighted by Gasteiger charge is 2.51. The summed E-state index contributed by atoms with van der Waals surface area (Å²) in [5.74, 6) is -1.43. The fourth-order valence-electron chi connectivity index (χ4n) is 4.17. The molecular weight excluding hydrogens is 400 g/mol. The van der Waals surface area contributed by atoms with Gasteiger partial charge in [0.15, 0.2) is 0 Å². The van der Waals surface area contributed by atoms with E-state index < -0.39 is 12.1 Å². The number of ether oxygens (including phenoxy) is 2. The molecule has 0 bridgehead atoms. The summed E-state index contributed by atoms with van der Waals surface area (Å²) < 4.78 is 10.8. The first kappa shape index (κ1) is 25.5. The number of aliphatic hydroxyl groups excluding tert-OH is 1. The number of fused-ring (bicyclic) bond motifs is 1. The van der Waals surface area contributed by atoms with E-state index in [0.29, 0.717) is 32.5 Å². The monoisotopic (exact) mass is 438 g/mol. The van der Waals surface area contributed by atoms with E-state index in [-0.39, 0.29) is 54.7 Å². The smallest absolute Gasteiger partial charge is 0.245 e. The summed E-state index contributed by atoms with van der Waals surface area (Å²) in [6.45, 7) is 8.72. The molecular formula is C23H38N2O6. The summed E-state index contributed by atoms with van der Waals surface area (Å²) in [4.78, 5) is 41.8. The number of imide groups is 1. The van der Waals surface area contributed by atoms with Gasteiger partial charge in [0, 0.05) is 13.6 Å². The van der Waals surface area contributed by atoms with Crippen LogP contribution in [0.15, 0.2) is 12.2 Å². The molecule has 2 aliphatic rings. The lowest BCUT2D eigenvalue weighted by Crippen LogP contribution is -2.52. The number of hydrogen-bond donors (Lipinski definition) is 1. The van der Waals surface area contributed by atoms with Crippen LogP contribution in [0.1, 0.15) is 47.0 Å². The second-order valence-electron chi connectivity index (χ2n) is 9.21. The first-order valence-electron chi connectivity index (χ1n) is 11.3. The van der Waals surface area contributed by atoms with Crippen molar-refractivity contribution in [2.45, 2.75) is 65.2 Å². The van der Waals surface area contributed by atoms with Crippen LogP contribution in [-0.4, -0.2) is 84.3 Å². The summed E-state index contributed by atoms with van der Waals surface area (Å²) in [5, 5.41) is 10.3. The first-order chi connectivity index (χ1) is 14.6. The van der Waals surface area contributed by atoms with Gasteiger partial charge in [-0.2, -0.15) is 0 Å². The Labute approximate surface area is 185 Å². The van der Waals surface area contributed by atoms with Crippen molar-refractivity contribution in [3.8, 4) is 0 Å². The van der Waals surface area contributed by atoms with Crippen LogP contribution in [0, 0.1) is 17.8 Å². The summed E-state index contributed by atoms with van der Waals surface area (Å²) in [6, 6.07) is -0.844. The molecule has 2 rings (SSSR count). The molecule has 31 heavy (non-hydrogen) atoms. The van der Waals surface area contributed by atoms with E-state index >= 15 is 0 Å². The zero-order chi connectivity index (χ0) is 23.1. The normalized spacial score (nSPS) is 22.9. The van der Waals surface area contributed by atoms with Gasteiger partial charge < -0.3 is 19.5 Å². The lowest BCUT2D eigenvalue weighted by atomic mass is 9.85. The molecule has 0 spiro atoms. The molecule has 1 heterocycles. The molecule has 1 aliphatic carbocycles. The van der Waals surface area contributed by atoms with Gasteiger partial charge in [-0.15, -0.1) is 0 Å². The van der Waals surface area contributed by atoms with Gasteiger partial charge in [-0.25, -0.2) is 0 Å². The third kappa shape index (κ3) is 6.85. The molecule has 1 fully saturated rings. The quantitative estimate of drug-likeness (QED) is 0.283. The van der Waals surface area contributed by atoms with Crippen LogP contribution in [0.25, 0.3) is 0 Å². The van der Waals surface area contributed by atoms with Crippen molar-refractivity contribution in [3.63, 3.8) is 0 Å². The van der Waals surface area contributed by atoms with Crippen LogP contribution in [0.2, 0.25) is 0 Å². The molecule has 1 N–H and O–H groups in total. The van der Waals surface area contributed by atoms with Crippen LogP contribution in [0.3, 0.4) is 0 Å². The molecule has 4 atom stereocenters. The highest BCUT2D eigenvalue weighted by atomic mass is 16.5. The molecule has 0 aromatic heterocycles. The van der Waals surface area contributed by atoms with Gasteiger partial charge in [-0.3, -0.25) is 19.3 Å². The number of carbonyl (C=O) groups is 3. The predicted octanol–water partition coefficient (Wildman–Crippen LogP) is 1.61. The van der Waals surface area contributed by atoms with Crippen molar-refractivity contribution in [2.75, 3.05) is 33.4 Å². The van der Waals surface area contributed by atoms with Gasteiger partial charge in [0.05, 0.1) is 43.9 Å². The van der Waals surface area contributed by atoms with E-state index in [0.717, 1.165) is 0 Å². The Morgan fingerprint density at radius 2 is 1.71 bits per heavy atom. The number of amides is 3. The Morgan fingerprint density at radius 3 is 2.23 bits per heavy atom. The number of nitrogens with zero attached hydrogens (tertiary/aromatic N) is 2. The van der Waals surface area contributed by atoms with Crippen molar-refractivity contribution in [3.05, 3.63) is 12.2 Å². The van der Waals surface area contributed by atoms with E-state index in [1.807, 2.05) is 39.8 Å². The molecule has 0 unspecified atom stereocenters. The zero-order valence-electron chi connectivity index (χ0n) is 19.5. The van der Waals surface area contributed by atoms with E-state index in [1.54, 1.807) is 7.05 Å². The van der Waals surface area contributed by atoms with Crippen LogP contribution in [0.5, 0.6) is 0 Å². The molecule has 8 nitrogen and oxygen atoms in total. The van der Waals surface area contributed by atoms with Crippen LogP contribution in [-0.2, 0) is 23.9 Å². The standard InChI is InChI=1S/C23H38N2O6/c1-15(2)12-20(25-21(27)18-8-6-7-9-19(18)22(25)28)23(29)24(5)13-17(26)14-30-10-11-31-16(3)4/h6-7,15-20,26H,8-14H2,1-5H3/t17-,18-,19-,20+/m0/s1. The number of hydrogen-bond acceptors (Lipinski definition) is 6. The molecule has 176 valence electrons. The van der Waals surface area contributed by atoms with E-state index in [9.17, 15) is 19.5 Å². The summed E-state index contributed by atoms with van der Waals surface area (Å²) in [7, 11) is 1.58. The van der Waals surface area contributed by atoms with Gasteiger partial charge in [0.2, 0.25) is 17.7 Å². The zero-order valence-corrected chi connectivity index (χ0v) is 19.5. The van der Waals surface area contributed by atoms with Gasteiger partial charge in [0.25, 0.3) is 0 Å². The Morgan fingerprint density at radius 1 is 1.13 bits per heavy atom. The molecule has 8 heteroatoms. The molecule has 0 radical (unpaired) electrons. The minimum Gasteiger partial charge on any atom is -0.389 e. The van der Waals surface area contributed by atoms with Crippen molar-refractivity contribution in [2.24, 2.45) is 17.8 Å². The molecule has 3 amide bonds. The fraction of sp³-hybridized carbons (Fsp3) is 0.783. The van der Waals surface area contributed by atoms with Gasteiger partial charge >= 0.3 is 0 Å². The van der Waals surface area contributed by atoms with E-state index in [1.165, 1.54) is 9.80 Å². The maximum absolute atomic E-state index is 13.2. The number of likely N-dealkylation sites (N-methyl/N-ethyl adjacent to an activating group) is 1. The molecule has 0 aromatic rings. The molecule has 0 aromatic carbocycles. The number of carbonyl (C=O) groups excluding carboxylic acids is 3. The Bertz CT molecular complexity index is 636.